The maximum Gasteiger partial charge on any atom is 0.278 e. The number of nitrogen functional groups attached to an aromatic ring is 1. The summed E-state index contributed by atoms with van der Waals surface area (Å²) in [5, 5.41) is 0. The number of benzene rings is 1. The lowest BCUT2D eigenvalue weighted by Gasteiger charge is -2.22. The fraction of sp³-hybridized carbons (Fsp3) is 0.143. The Morgan fingerprint density at radius 1 is 1.32 bits per heavy atom. The highest BCUT2D eigenvalue weighted by Gasteiger charge is 2.20. The molecule has 19 heavy (non-hydrogen) atoms. The Bertz CT molecular complexity index is 601. The van der Waals surface area contributed by atoms with Crippen molar-refractivity contribution < 1.29 is 4.79 Å². The van der Waals surface area contributed by atoms with Crippen LogP contribution in [0.3, 0.4) is 0 Å². The molecule has 0 atom stereocenters. The van der Waals surface area contributed by atoms with Gasteiger partial charge in [0, 0.05) is 17.2 Å². The van der Waals surface area contributed by atoms with E-state index in [1.54, 1.807) is 29.3 Å². The molecule has 1 amide bonds. The van der Waals surface area contributed by atoms with Crippen LogP contribution in [0.15, 0.2) is 47.1 Å². The van der Waals surface area contributed by atoms with E-state index in [9.17, 15) is 4.79 Å². The van der Waals surface area contributed by atoms with Crippen LogP contribution in [0.1, 0.15) is 17.4 Å². The molecule has 2 aromatic rings. The predicted molar refractivity (Wildman–Crippen MR) is 80.1 cm³/mol. The molecule has 0 fully saturated rings. The number of carbonyl (C=O) groups excluding carboxylic acids is 1. The number of amides is 1. The van der Waals surface area contributed by atoms with Crippen molar-refractivity contribution in [1.82, 2.24) is 4.98 Å². The van der Waals surface area contributed by atoms with E-state index in [1.165, 1.54) is 0 Å². The number of pyridine rings is 1. The van der Waals surface area contributed by atoms with E-state index in [1.807, 2.05) is 25.1 Å². The van der Waals surface area contributed by atoms with Crippen molar-refractivity contribution in [2.45, 2.75) is 6.92 Å². The maximum atomic E-state index is 12.5. The molecule has 0 unspecified atom stereocenters. The van der Waals surface area contributed by atoms with Gasteiger partial charge >= 0.3 is 0 Å². The van der Waals surface area contributed by atoms with Crippen LogP contribution in [0.2, 0.25) is 0 Å². The lowest BCUT2D eigenvalue weighted by Crippen LogP contribution is -2.32. The zero-order valence-corrected chi connectivity index (χ0v) is 12.1. The summed E-state index contributed by atoms with van der Waals surface area (Å²) in [5.41, 5.74) is 7.58. The lowest BCUT2D eigenvalue weighted by atomic mass is 10.2. The van der Waals surface area contributed by atoms with Crippen LogP contribution in [0.25, 0.3) is 0 Å². The number of aromatic nitrogens is 1. The number of hydrogen-bond acceptors (Lipinski definition) is 3. The van der Waals surface area contributed by atoms with Gasteiger partial charge < -0.3 is 10.6 Å². The Morgan fingerprint density at radius 2 is 2.05 bits per heavy atom. The minimum Gasteiger partial charge on any atom is -0.397 e. The Kier molecular flexibility index (Phi) is 4.16. The molecule has 1 aromatic carbocycles. The molecule has 98 valence electrons. The number of hydrogen-bond donors (Lipinski definition) is 1. The molecule has 0 saturated carbocycles. The van der Waals surface area contributed by atoms with Crippen molar-refractivity contribution in [2.24, 2.45) is 0 Å². The van der Waals surface area contributed by atoms with Crippen LogP contribution < -0.4 is 10.6 Å². The maximum absolute atomic E-state index is 12.5. The highest BCUT2D eigenvalue weighted by Crippen LogP contribution is 2.25. The SMILES string of the molecule is CCN(C(=O)c1ncccc1Br)c1ccccc1N. The molecule has 0 aliphatic rings. The van der Waals surface area contributed by atoms with E-state index in [0.717, 1.165) is 0 Å². The summed E-state index contributed by atoms with van der Waals surface area (Å²) in [6, 6.07) is 10.9. The van der Waals surface area contributed by atoms with E-state index < -0.39 is 0 Å². The van der Waals surface area contributed by atoms with Crippen LogP contribution in [-0.4, -0.2) is 17.4 Å². The number of anilines is 2. The highest BCUT2D eigenvalue weighted by molar-refractivity contribution is 9.10. The molecule has 4 nitrogen and oxygen atoms in total. The number of para-hydroxylation sites is 2. The number of nitrogens with two attached hydrogens (primary N) is 1. The lowest BCUT2D eigenvalue weighted by molar-refractivity contribution is 0.0983. The van der Waals surface area contributed by atoms with Crippen LogP contribution in [-0.2, 0) is 0 Å². The quantitative estimate of drug-likeness (QED) is 0.884. The Hall–Kier alpha value is -1.88. The first-order chi connectivity index (χ1) is 9.15. The summed E-state index contributed by atoms with van der Waals surface area (Å²) < 4.78 is 0.674. The zero-order valence-electron chi connectivity index (χ0n) is 10.5. The van der Waals surface area contributed by atoms with Crippen LogP contribution in [0, 0.1) is 0 Å². The van der Waals surface area contributed by atoms with Crippen molar-refractivity contribution in [1.29, 1.82) is 0 Å². The van der Waals surface area contributed by atoms with E-state index in [4.69, 9.17) is 5.73 Å². The standard InChI is InChI=1S/C14H14BrN3O/c1-2-18(12-8-4-3-7-11(12)16)14(19)13-10(15)6-5-9-17-13/h3-9H,2,16H2,1H3. The van der Waals surface area contributed by atoms with Gasteiger partial charge in [0.2, 0.25) is 0 Å². The molecular weight excluding hydrogens is 306 g/mol. The fourth-order valence-corrected chi connectivity index (χ4v) is 2.25. The summed E-state index contributed by atoms with van der Waals surface area (Å²) in [6.07, 6.45) is 1.60. The van der Waals surface area contributed by atoms with Gasteiger partial charge in [-0.25, -0.2) is 4.98 Å². The Labute approximate surface area is 120 Å². The van der Waals surface area contributed by atoms with Crippen molar-refractivity contribution in [2.75, 3.05) is 17.2 Å². The van der Waals surface area contributed by atoms with Crippen molar-refractivity contribution in [3.8, 4) is 0 Å². The van der Waals surface area contributed by atoms with Gasteiger partial charge in [0.15, 0.2) is 0 Å². The van der Waals surface area contributed by atoms with Crippen molar-refractivity contribution in [3.05, 3.63) is 52.8 Å². The van der Waals surface area contributed by atoms with Crippen LogP contribution >= 0.6 is 15.9 Å². The second kappa shape index (κ2) is 5.84. The smallest absolute Gasteiger partial charge is 0.278 e. The normalized spacial score (nSPS) is 10.2. The van der Waals surface area contributed by atoms with E-state index >= 15 is 0 Å². The summed E-state index contributed by atoms with van der Waals surface area (Å²) in [4.78, 5) is 18.3. The molecule has 0 saturated heterocycles. The summed E-state index contributed by atoms with van der Waals surface area (Å²) in [5.74, 6) is -0.173. The van der Waals surface area contributed by atoms with Gasteiger partial charge in [0.05, 0.1) is 11.4 Å². The third-order valence-corrected chi connectivity index (χ3v) is 3.39. The number of rotatable bonds is 3. The first kappa shape index (κ1) is 13.5. The number of carbonyl (C=O) groups is 1. The molecule has 5 heteroatoms. The number of nitrogens with zero attached hydrogens (tertiary/aromatic N) is 2. The Morgan fingerprint density at radius 3 is 2.68 bits per heavy atom. The van der Waals surface area contributed by atoms with Crippen LogP contribution in [0.4, 0.5) is 11.4 Å². The van der Waals surface area contributed by atoms with E-state index in [-0.39, 0.29) is 5.91 Å². The molecule has 0 radical (unpaired) electrons. The minimum atomic E-state index is -0.173. The highest BCUT2D eigenvalue weighted by atomic mass is 79.9. The van der Waals surface area contributed by atoms with Crippen molar-refractivity contribution in [3.63, 3.8) is 0 Å². The molecule has 1 heterocycles. The molecule has 0 spiro atoms. The molecule has 1 aromatic heterocycles. The van der Waals surface area contributed by atoms with Gasteiger partial charge in [-0.05, 0) is 47.1 Å². The largest absolute Gasteiger partial charge is 0.397 e. The molecular formula is C14H14BrN3O. The van der Waals surface area contributed by atoms with E-state index in [2.05, 4.69) is 20.9 Å². The monoisotopic (exact) mass is 319 g/mol. The predicted octanol–water partition coefficient (Wildman–Crippen LogP) is 3.09. The summed E-state index contributed by atoms with van der Waals surface area (Å²) >= 11 is 3.34. The van der Waals surface area contributed by atoms with Gasteiger partial charge in [-0.2, -0.15) is 0 Å². The zero-order chi connectivity index (χ0) is 13.8. The average Bonchev–Trinajstić information content (AvgIpc) is 2.42. The second-order valence-corrected chi connectivity index (χ2v) is 4.80. The van der Waals surface area contributed by atoms with Gasteiger partial charge in [-0.3, -0.25) is 4.79 Å². The second-order valence-electron chi connectivity index (χ2n) is 3.94. The summed E-state index contributed by atoms with van der Waals surface area (Å²) in [7, 11) is 0. The van der Waals surface area contributed by atoms with Gasteiger partial charge in [0.1, 0.15) is 5.69 Å². The third-order valence-electron chi connectivity index (χ3n) is 2.75. The number of halogens is 1. The first-order valence-corrected chi connectivity index (χ1v) is 6.71. The van der Waals surface area contributed by atoms with Gasteiger partial charge in [0.25, 0.3) is 5.91 Å². The third kappa shape index (κ3) is 2.76. The van der Waals surface area contributed by atoms with Gasteiger partial charge in [-0.15, -0.1) is 0 Å². The minimum absolute atomic E-state index is 0.173. The van der Waals surface area contributed by atoms with Crippen molar-refractivity contribution >= 4 is 33.2 Å². The molecule has 0 aliphatic carbocycles. The topological polar surface area (TPSA) is 59.2 Å². The molecule has 2 N–H and O–H groups in total. The molecule has 0 aliphatic heterocycles. The van der Waals surface area contributed by atoms with E-state index in [0.29, 0.717) is 28.1 Å². The molecule has 0 bridgehead atoms. The van der Waals surface area contributed by atoms with Gasteiger partial charge in [-0.1, -0.05) is 12.1 Å². The molecule has 2 rings (SSSR count). The average molecular weight is 320 g/mol. The first-order valence-electron chi connectivity index (χ1n) is 5.92. The summed E-state index contributed by atoms with van der Waals surface area (Å²) in [6.45, 7) is 2.43. The van der Waals surface area contributed by atoms with Crippen LogP contribution in [0.5, 0.6) is 0 Å². The fourth-order valence-electron chi connectivity index (χ4n) is 1.83. The Balaban J connectivity index is 2.41.